The van der Waals surface area contributed by atoms with E-state index in [0.29, 0.717) is 15.6 Å². The van der Waals surface area contributed by atoms with Gasteiger partial charge in [0.1, 0.15) is 12.7 Å². The Hall–Kier alpha value is -1.59. The number of amides is 1. The Bertz CT molecular complexity index is 663. The maximum absolute atomic E-state index is 13.2. The smallest absolute Gasteiger partial charge is 0.252 e. The molecule has 1 aromatic carbocycles. The first-order valence-electron chi connectivity index (χ1n) is 7.44. The fourth-order valence-electron chi connectivity index (χ4n) is 2.71. The van der Waals surface area contributed by atoms with E-state index in [1.54, 1.807) is 18.2 Å². The number of aromatic nitrogens is 3. The molecule has 1 amide bonds. The summed E-state index contributed by atoms with van der Waals surface area (Å²) in [6.07, 6.45) is 2.92. The third kappa shape index (κ3) is 3.85. The van der Waals surface area contributed by atoms with Crippen LogP contribution in [0.15, 0.2) is 30.9 Å². The van der Waals surface area contributed by atoms with Gasteiger partial charge in [-0.25, -0.2) is 9.67 Å². The number of nitrogens with zero attached hydrogens (tertiary/aromatic N) is 4. The predicted octanol–water partition coefficient (Wildman–Crippen LogP) is 3.82. The molecule has 0 saturated carbocycles. The highest BCUT2D eigenvalue weighted by Crippen LogP contribution is 2.30. The van der Waals surface area contributed by atoms with Crippen LogP contribution >= 0.6 is 23.2 Å². The summed E-state index contributed by atoms with van der Waals surface area (Å²) in [5, 5.41) is 5.10. The predicted molar refractivity (Wildman–Crippen MR) is 91.7 cm³/mol. The van der Waals surface area contributed by atoms with Gasteiger partial charge in [0.15, 0.2) is 6.04 Å². The van der Waals surface area contributed by atoms with Crippen molar-refractivity contribution >= 4 is 29.1 Å². The molecule has 0 spiro atoms. The molecule has 2 aromatic rings. The lowest BCUT2D eigenvalue weighted by atomic mass is 10.0. The van der Waals surface area contributed by atoms with Crippen LogP contribution in [0.1, 0.15) is 39.3 Å². The lowest BCUT2D eigenvalue weighted by Gasteiger charge is -2.34. The van der Waals surface area contributed by atoms with Crippen molar-refractivity contribution in [2.24, 2.45) is 0 Å². The molecule has 0 radical (unpaired) electrons. The van der Waals surface area contributed by atoms with Crippen molar-refractivity contribution in [3.63, 3.8) is 0 Å². The monoisotopic (exact) mass is 354 g/mol. The molecule has 23 heavy (non-hydrogen) atoms. The Kier molecular flexibility index (Phi) is 5.65. The van der Waals surface area contributed by atoms with Crippen LogP contribution in [0.2, 0.25) is 10.0 Å². The molecule has 124 valence electrons. The minimum atomic E-state index is -0.674. The van der Waals surface area contributed by atoms with Crippen LogP contribution in [-0.4, -0.2) is 37.7 Å². The number of carbonyl (C=O) groups excluding carboxylic acids is 1. The third-order valence-corrected chi connectivity index (χ3v) is 4.12. The zero-order chi connectivity index (χ0) is 17.1. The Morgan fingerprint density at radius 3 is 2.30 bits per heavy atom. The number of rotatable bonds is 5. The maximum Gasteiger partial charge on any atom is 0.252 e. The second-order valence-electron chi connectivity index (χ2n) is 5.88. The summed E-state index contributed by atoms with van der Waals surface area (Å²) >= 11 is 12.3. The molecule has 1 atom stereocenters. The van der Waals surface area contributed by atoms with Crippen molar-refractivity contribution in [1.29, 1.82) is 0 Å². The summed E-state index contributed by atoms with van der Waals surface area (Å²) in [6, 6.07) is 4.54. The van der Waals surface area contributed by atoms with Crippen molar-refractivity contribution in [2.45, 2.75) is 45.8 Å². The van der Waals surface area contributed by atoms with E-state index >= 15 is 0 Å². The second-order valence-corrected chi connectivity index (χ2v) is 6.72. The second kappa shape index (κ2) is 7.32. The van der Waals surface area contributed by atoms with Gasteiger partial charge in [-0.2, -0.15) is 5.10 Å². The maximum atomic E-state index is 13.2. The summed E-state index contributed by atoms with van der Waals surface area (Å²) in [4.78, 5) is 19.0. The number of halogens is 2. The van der Waals surface area contributed by atoms with Crippen molar-refractivity contribution in [3.05, 3.63) is 46.5 Å². The molecule has 2 rings (SSSR count). The molecular weight excluding hydrogens is 335 g/mol. The van der Waals surface area contributed by atoms with Crippen LogP contribution in [0.5, 0.6) is 0 Å². The highest BCUT2D eigenvalue weighted by molar-refractivity contribution is 6.35. The topological polar surface area (TPSA) is 51.0 Å². The summed E-state index contributed by atoms with van der Waals surface area (Å²) in [6.45, 7) is 7.94. The normalized spacial score (nSPS) is 12.7. The number of benzene rings is 1. The molecule has 1 aromatic heterocycles. The van der Waals surface area contributed by atoms with Gasteiger partial charge in [-0.05, 0) is 39.8 Å². The van der Waals surface area contributed by atoms with E-state index < -0.39 is 6.04 Å². The number of carbonyl (C=O) groups is 1. The minimum Gasteiger partial charge on any atom is -0.336 e. The van der Waals surface area contributed by atoms with Crippen molar-refractivity contribution in [2.75, 3.05) is 0 Å². The van der Waals surface area contributed by atoms with Gasteiger partial charge in [-0.1, -0.05) is 29.3 Å². The van der Waals surface area contributed by atoms with Gasteiger partial charge in [0.05, 0.1) is 0 Å². The molecule has 1 heterocycles. The van der Waals surface area contributed by atoms with Crippen molar-refractivity contribution in [1.82, 2.24) is 19.7 Å². The number of hydrogen-bond donors (Lipinski definition) is 0. The van der Waals surface area contributed by atoms with E-state index in [4.69, 9.17) is 23.2 Å². The molecule has 0 aliphatic heterocycles. The molecule has 0 aliphatic carbocycles. The third-order valence-electron chi connectivity index (χ3n) is 3.56. The Morgan fingerprint density at radius 1 is 1.17 bits per heavy atom. The molecule has 1 unspecified atom stereocenters. The molecule has 0 bridgehead atoms. The average Bonchev–Trinajstić information content (AvgIpc) is 2.94. The van der Waals surface area contributed by atoms with Crippen molar-refractivity contribution in [3.8, 4) is 0 Å². The van der Waals surface area contributed by atoms with Crippen LogP contribution < -0.4 is 0 Å². The van der Waals surface area contributed by atoms with Crippen LogP contribution in [0.25, 0.3) is 0 Å². The van der Waals surface area contributed by atoms with Gasteiger partial charge >= 0.3 is 0 Å². The van der Waals surface area contributed by atoms with Crippen LogP contribution in [0, 0.1) is 0 Å². The Balaban J connectivity index is 2.53. The highest BCUT2D eigenvalue weighted by atomic mass is 35.5. The molecule has 0 aliphatic rings. The largest absolute Gasteiger partial charge is 0.336 e. The Labute approximate surface area is 146 Å². The standard InChI is InChI=1S/C16H20Cl2N4O/c1-10(2)22(11(3)4)16(23)15(21-9-19-8-20-21)13-6-5-12(17)7-14(13)18/h5-11,15H,1-4H3. The van der Waals surface area contributed by atoms with E-state index in [0.717, 1.165) is 0 Å². The number of hydrogen-bond acceptors (Lipinski definition) is 3. The van der Waals surface area contributed by atoms with Gasteiger partial charge in [0.2, 0.25) is 0 Å². The van der Waals surface area contributed by atoms with E-state index in [1.807, 2.05) is 32.6 Å². The molecule has 7 heteroatoms. The summed E-state index contributed by atoms with van der Waals surface area (Å²) in [5.74, 6) is -0.0790. The molecule has 0 N–H and O–H groups in total. The highest BCUT2D eigenvalue weighted by Gasteiger charge is 2.32. The van der Waals surface area contributed by atoms with Gasteiger partial charge in [0, 0.05) is 27.7 Å². The van der Waals surface area contributed by atoms with Gasteiger partial charge in [0.25, 0.3) is 5.91 Å². The van der Waals surface area contributed by atoms with Gasteiger partial charge in [-0.3, -0.25) is 4.79 Å². The quantitative estimate of drug-likeness (QED) is 0.819. The molecular formula is C16H20Cl2N4O. The van der Waals surface area contributed by atoms with Crippen LogP contribution in [-0.2, 0) is 4.79 Å². The first-order chi connectivity index (χ1) is 10.8. The lowest BCUT2D eigenvalue weighted by molar-refractivity contribution is -0.137. The summed E-state index contributed by atoms with van der Waals surface area (Å²) in [7, 11) is 0. The van der Waals surface area contributed by atoms with Crippen LogP contribution in [0.4, 0.5) is 0 Å². The van der Waals surface area contributed by atoms with E-state index in [1.165, 1.54) is 17.3 Å². The fourth-order valence-corrected chi connectivity index (χ4v) is 3.22. The minimum absolute atomic E-state index is 0.0552. The first kappa shape index (κ1) is 17.8. The lowest BCUT2D eigenvalue weighted by Crippen LogP contribution is -2.46. The zero-order valence-electron chi connectivity index (χ0n) is 13.6. The fraction of sp³-hybridized carbons (Fsp3) is 0.438. The summed E-state index contributed by atoms with van der Waals surface area (Å²) in [5.41, 5.74) is 0.651. The van der Waals surface area contributed by atoms with E-state index in [2.05, 4.69) is 10.1 Å². The molecule has 0 saturated heterocycles. The zero-order valence-corrected chi connectivity index (χ0v) is 15.1. The average molecular weight is 355 g/mol. The molecule has 0 fully saturated rings. The first-order valence-corrected chi connectivity index (χ1v) is 8.19. The summed E-state index contributed by atoms with van der Waals surface area (Å²) < 4.78 is 1.52. The SMILES string of the molecule is CC(C)N(C(=O)C(c1ccc(Cl)cc1Cl)n1cncn1)C(C)C. The van der Waals surface area contributed by atoms with Crippen LogP contribution in [0.3, 0.4) is 0 Å². The van der Waals surface area contributed by atoms with E-state index in [9.17, 15) is 4.79 Å². The Morgan fingerprint density at radius 2 is 1.83 bits per heavy atom. The van der Waals surface area contributed by atoms with Gasteiger partial charge in [-0.15, -0.1) is 0 Å². The molecule has 5 nitrogen and oxygen atoms in total. The van der Waals surface area contributed by atoms with E-state index in [-0.39, 0.29) is 18.0 Å². The van der Waals surface area contributed by atoms with Crippen molar-refractivity contribution < 1.29 is 4.79 Å². The van der Waals surface area contributed by atoms with Gasteiger partial charge < -0.3 is 4.90 Å².